The minimum Gasteiger partial charge on any atom is -0.348 e. The predicted molar refractivity (Wildman–Crippen MR) is 99.6 cm³/mol. The summed E-state index contributed by atoms with van der Waals surface area (Å²) in [6, 6.07) is 20.7. The van der Waals surface area contributed by atoms with Crippen LogP contribution >= 0.6 is 0 Å². The number of benzene rings is 2. The molecule has 0 saturated heterocycles. The van der Waals surface area contributed by atoms with Crippen LogP contribution in [-0.2, 0) is 4.79 Å². The molecule has 0 bridgehead atoms. The Bertz CT molecular complexity index is 753. The molecule has 128 valence electrons. The number of hydrogen-bond acceptors (Lipinski definition) is 2. The summed E-state index contributed by atoms with van der Waals surface area (Å²) in [6.07, 6.45) is 4.39. The summed E-state index contributed by atoms with van der Waals surface area (Å²) in [5, 5.41) is 12.6. The number of carbonyl (C=O) groups excluding carboxylic acids is 1. The summed E-state index contributed by atoms with van der Waals surface area (Å²) in [6.45, 7) is 1.98. The number of carbonyl (C=O) groups is 1. The second-order valence-corrected chi connectivity index (χ2v) is 6.94. The van der Waals surface area contributed by atoms with E-state index >= 15 is 0 Å². The Morgan fingerprint density at radius 1 is 1.00 bits per heavy atom. The summed E-state index contributed by atoms with van der Waals surface area (Å²) < 4.78 is 0. The zero-order valence-electron chi connectivity index (χ0n) is 14.7. The summed E-state index contributed by atoms with van der Waals surface area (Å²) in [5.41, 5.74) is 2.55. The van der Waals surface area contributed by atoms with Gasteiger partial charge < -0.3 is 5.32 Å². The molecule has 1 saturated carbocycles. The van der Waals surface area contributed by atoms with E-state index in [1.807, 2.05) is 37.3 Å². The first kappa shape index (κ1) is 17.2. The van der Waals surface area contributed by atoms with Gasteiger partial charge in [-0.25, -0.2) is 0 Å². The number of rotatable bonds is 4. The lowest BCUT2D eigenvalue weighted by atomic mass is 9.74. The molecule has 0 heterocycles. The Labute approximate surface area is 149 Å². The maximum Gasteiger partial charge on any atom is 0.240 e. The van der Waals surface area contributed by atoms with Crippen molar-refractivity contribution in [1.82, 2.24) is 5.32 Å². The van der Waals surface area contributed by atoms with Crippen LogP contribution in [0.25, 0.3) is 11.1 Å². The van der Waals surface area contributed by atoms with Crippen molar-refractivity contribution in [3.8, 4) is 17.2 Å². The van der Waals surface area contributed by atoms with E-state index in [2.05, 4.69) is 35.7 Å². The summed E-state index contributed by atoms with van der Waals surface area (Å²) in [4.78, 5) is 12.7. The first-order valence-corrected chi connectivity index (χ1v) is 9.02. The van der Waals surface area contributed by atoms with Gasteiger partial charge in [0.25, 0.3) is 0 Å². The fraction of sp³-hybridized carbons (Fsp3) is 0.364. The maximum absolute atomic E-state index is 12.7. The van der Waals surface area contributed by atoms with Crippen molar-refractivity contribution >= 4 is 5.91 Å². The third-order valence-corrected chi connectivity index (χ3v) is 5.22. The van der Waals surface area contributed by atoms with Crippen LogP contribution in [0.4, 0.5) is 0 Å². The molecule has 2 aromatic rings. The topological polar surface area (TPSA) is 52.9 Å². The van der Waals surface area contributed by atoms with E-state index < -0.39 is 5.41 Å². The molecule has 0 aromatic heterocycles. The average Bonchev–Trinajstić information content (AvgIpc) is 2.69. The lowest BCUT2D eigenvalue weighted by Crippen LogP contribution is -2.42. The third kappa shape index (κ3) is 3.74. The minimum atomic E-state index is -0.837. The van der Waals surface area contributed by atoms with E-state index in [0.29, 0.717) is 12.8 Å². The van der Waals surface area contributed by atoms with Crippen molar-refractivity contribution in [2.24, 2.45) is 5.41 Å². The molecule has 1 unspecified atom stereocenters. The van der Waals surface area contributed by atoms with E-state index in [0.717, 1.165) is 30.4 Å². The lowest BCUT2D eigenvalue weighted by Gasteiger charge is -2.30. The Morgan fingerprint density at radius 2 is 1.60 bits per heavy atom. The molecule has 25 heavy (non-hydrogen) atoms. The van der Waals surface area contributed by atoms with Crippen LogP contribution in [0, 0.1) is 16.7 Å². The fourth-order valence-electron chi connectivity index (χ4n) is 3.56. The molecule has 1 amide bonds. The predicted octanol–water partition coefficient (Wildman–Crippen LogP) is 5.00. The van der Waals surface area contributed by atoms with Crippen LogP contribution in [0.1, 0.15) is 50.6 Å². The van der Waals surface area contributed by atoms with Crippen molar-refractivity contribution in [3.05, 3.63) is 60.2 Å². The highest BCUT2D eigenvalue weighted by Gasteiger charge is 2.40. The van der Waals surface area contributed by atoms with Gasteiger partial charge in [0.2, 0.25) is 5.91 Å². The molecule has 1 aliphatic carbocycles. The molecule has 3 rings (SSSR count). The van der Waals surface area contributed by atoms with Crippen molar-refractivity contribution in [1.29, 1.82) is 5.26 Å². The van der Waals surface area contributed by atoms with Crippen LogP contribution in [0.15, 0.2) is 54.6 Å². The van der Waals surface area contributed by atoms with Gasteiger partial charge in [-0.2, -0.15) is 5.26 Å². The summed E-state index contributed by atoms with van der Waals surface area (Å²) in [5.74, 6) is -0.116. The molecule has 1 fully saturated rings. The zero-order valence-corrected chi connectivity index (χ0v) is 14.7. The molecule has 3 heteroatoms. The van der Waals surface area contributed by atoms with Crippen molar-refractivity contribution in [3.63, 3.8) is 0 Å². The number of amides is 1. The monoisotopic (exact) mass is 332 g/mol. The number of nitriles is 1. The van der Waals surface area contributed by atoms with Crippen molar-refractivity contribution in [2.45, 2.75) is 45.1 Å². The van der Waals surface area contributed by atoms with Crippen LogP contribution in [-0.4, -0.2) is 5.91 Å². The molecule has 2 aromatic carbocycles. The van der Waals surface area contributed by atoms with Crippen LogP contribution < -0.4 is 5.32 Å². The highest BCUT2D eigenvalue weighted by molar-refractivity contribution is 5.85. The maximum atomic E-state index is 12.7. The standard InChI is InChI=1S/C22H24N2O/c1-17(24-21(25)22(16-23)14-6-3-7-15-22)18-10-12-20(13-11-18)19-8-4-2-5-9-19/h2,4-5,8-13,17H,3,6-7,14-15H2,1H3,(H,24,25). The molecule has 0 spiro atoms. The first-order chi connectivity index (χ1) is 12.1. The first-order valence-electron chi connectivity index (χ1n) is 9.02. The number of hydrogen-bond donors (Lipinski definition) is 1. The molecule has 0 aliphatic heterocycles. The molecule has 3 nitrogen and oxygen atoms in total. The van der Waals surface area contributed by atoms with E-state index in [9.17, 15) is 10.1 Å². The van der Waals surface area contributed by atoms with Gasteiger partial charge >= 0.3 is 0 Å². The van der Waals surface area contributed by atoms with E-state index in [1.165, 1.54) is 5.56 Å². The lowest BCUT2D eigenvalue weighted by molar-refractivity contribution is -0.130. The number of nitrogens with one attached hydrogen (secondary N) is 1. The molecule has 0 radical (unpaired) electrons. The van der Waals surface area contributed by atoms with Crippen LogP contribution in [0.3, 0.4) is 0 Å². The second-order valence-electron chi connectivity index (χ2n) is 6.94. The molecule has 1 N–H and O–H groups in total. The second kappa shape index (κ2) is 7.53. The van der Waals surface area contributed by atoms with Gasteiger partial charge in [-0.15, -0.1) is 0 Å². The highest BCUT2D eigenvalue weighted by Crippen LogP contribution is 2.36. The quantitative estimate of drug-likeness (QED) is 0.856. The van der Waals surface area contributed by atoms with Gasteiger partial charge in [-0.3, -0.25) is 4.79 Å². The smallest absolute Gasteiger partial charge is 0.240 e. The van der Waals surface area contributed by atoms with Gasteiger partial charge in [0, 0.05) is 0 Å². The Kier molecular flexibility index (Phi) is 5.19. The van der Waals surface area contributed by atoms with Gasteiger partial charge in [-0.05, 0) is 36.5 Å². The third-order valence-electron chi connectivity index (χ3n) is 5.22. The van der Waals surface area contributed by atoms with Crippen molar-refractivity contribution < 1.29 is 4.79 Å². The molecular weight excluding hydrogens is 308 g/mol. The normalized spacial score (nSPS) is 17.3. The van der Waals surface area contributed by atoms with E-state index in [1.54, 1.807) is 0 Å². The van der Waals surface area contributed by atoms with Gasteiger partial charge in [0.15, 0.2) is 0 Å². The van der Waals surface area contributed by atoms with Gasteiger partial charge in [0.1, 0.15) is 5.41 Å². The fourth-order valence-corrected chi connectivity index (χ4v) is 3.56. The summed E-state index contributed by atoms with van der Waals surface area (Å²) in [7, 11) is 0. The average molecular weight is 332 g/mol. The van der Waals surface area contributed by atoms with Crippen LogP contribution in [0.2, 0.25) is 0 Å². The van der Waals surface area contributed by atoms with Crippen molar-refractivity contribution in [2.75, 3.05) is 0 Å². The molecule has 1 aliphatic rings. The zero-order chi connectivity index (χ0) is 17.7. The molecule has 1 atom stereocenters. The minimum absolute atomic E-state index is 0.107. The van der Waals surface area contributed by atoms with E-state index in [4.69, 9.17) is 0 Å². The Hall–Kier alpha value is -2.60. The summed E-state index contributed by atoms with van der Waals surface area (Å²) >= 11 is 0. The molecular formula is C22H24N2O. The largest absolute Gasteiger partial charge is 0.348 e. The van der Waals surface area contributed by atoms with Gasteiger partial charge in [-0.1, -0.05) is 73.9 Å². The Morgan fingerprint density at radius 3 is 2.20 bits per heavy atom. The number of nitrogens with zero attached hydrogens (tertiary/aromatic N) is 1. The van der Waals surface area contributed by atoms with Crippen LogP contribution in [0.5, 0.6) is 0 Å². The SMILES string of the molecule is CC(NC(=O)C1(C#N)CCCCC1)c1ccc(-c2ccccc2)cc1. The van der Waals surface area contributed by atoms with E-state index in [-0.39, 0.29) is 11.9 Å². The Balaban J connectivity index is 1.70. The van der Waals surface area contributed by atoms with Gasteiger partial charge in [0.05, 0.1) is 12.1 Å². The highest BCUT2D eigenvalue weighted by atomic mass is 16.2.